The van der Waals surface area contributed by atoms with E-state index in [1.807, 2.05) is 48.5 Å². The van der Waals surface area contributed by atoms with Crippen molar-refractivity contribution in [2.24, 2.45) is 0 Å². The Labute approximate surface area is 248 Å². The first kappa shape index (κ1) is 30.4. The molecule has 1 saturated heterocycles. The molecule has 3 amide bonds. The first-order chi connectivity index (χ1) is 20.1. The molecule has 1 heterocycles. The highest BCUT2D eigenvalue weighted by molar-refractivity contribution is 5.82. The molecule has 4 rings (SSSR count). The number of anilines is 1. The van der Waals surface area contributed by atoms with Crippen molar-refractivity contribution in [3.8, 4) is 11.1 Å². The van der Waals surface area contributed by atoms with Crippen LogP contribution >= 0.6 is 0 Å². The number of benzene rings is 3. The van der Waals surface area contributed by atoms with Gasteiger partial charge in [-0.15, -0.1) is 0 Å². The van der Waals surface area contributed by atoms with Gasteiger partial charge < -0.3 is 29.5 Å². The number of hydrogen-bond acceptors (Lipinski definition) is 6. The fourth-order valence-corrected chi connectivity index (χ4v) is 4.63. The lowest BCUT2D eigenvalue weighted by atomic mass is 10.0. The second-order valence-corrected chi connectivity index (χ2v) is 11.4. The van der Waals surface area contributed by atoms with E-state index in [0.717, 1.165) is 41.0 Å². The van der Waals surface area contributed by atoms with Gasteiger partial charge in [0.2, 0.25) is 5.91 Å². The number of likely N-dealkylation sites (N-methyl/N-ethyl adjacent to an activating group) is 1. The molecule has 0 atom stereocenters. The zero-order valence-corrected chi connectivity index (χ0v) is 24.8. The molecule has 222 valence electrons. The Morgan fingerprint density at radius 1 is 0.833 bits per heavy atom. The van der Waals surface area contributed by atoms with Crippen LogP contribution in [0.3, 0.4) is 0 Å². The summed E-state index contributed by atoms with van der Waals surface area (Å²) in [7, 11) is 1.71. The minimum absolute atomic E-state index is 0.129. The summed E-state index contributed by atoms with van der Waals surface area (Å²) in [5.74, 6) is -0.208. The highest BCUT2D eigenvalue weighted by Crippen LogP contribution is 2.25. The number of carbonyl (C=O) groups excluding carboxylic acids is 3. The van der Waals surface area contributed by atoms with E-state index in [1.54, 1.807) is 37.6 Å². The van der Waals surface area contributed by atoms with E-state index in [4.69, 9.17) is 9.47 Å². The molecule has 1 N–H and O–H groups in total. The Kier molecular flexibility index (Phi) is 10.1. The topological polar surface area (TPSA) is 91.4 Å². The maximum absolute atomic E-state index is 12.5. The molecule has 3 aromatic rings. The van der Waals surface area contributed by atoms with Crippen LogP contribution in [-0.4, -0.2) is 73.3 Å². The van der Waals surface area contributed by atoms with E-state index >= 15 is 0 Å². The fraction of sp³-hybridized carbons (Fsp3) is 0.364. The average Bonchev–Trinajstić information content (AvgIpc) is 2.98. The third kappa shape index (κ3) is 8.99. The highest BCUT2D eigenvalue weighted by Gasteiger charge is 2.22. The molecule has 0 spiro atoms. The lowest BCUT2D eigenvalue weighted by Gasteiger charge is -2.35. The van der Waals surface area contributed by atoms with Crippen molar-refractivity contribution in [2.45, 2.75) is 39.5 Å². The minimum Gasteiger partial charge on any atom is -0.445 e. The summed E-state index contributed by atoms with van der Waals surface area (Å²) in [6, 6.07) is 26.1. The smallest absolute Gasteiger partial charge is 0.410 e. The van der Waals surface area contributed by atoms with Crippen molar-refractivity contribution in [3.63, 3.8) is 0 Å². The molecule has 1 aliphatic rings. The number of carbonyl (C=O) groups is 3. The van der Waals surface area contributed by atoms with Crippen LogP contribution in [0, 0.1) is 0 Å². The van der Waals surface area contributed by atoms with E-state index in [0.29, 0.717) is 19.6 Å². The van der Waals surface area contributed by atoms with Crippen molar-refractivity contribution in [2.75, 3.05) is 44.7 Å². The summed E-state index contributed by atoms with van der Waals surface area (Å²) in [6.07, 6.45) is -0.890. The molecule has 0 aromatic heterocycles. The van der Waals surface area contributed by atoms with Crippen molar-refractivity contribution in [1.82, 2.24) is 15.1 Å². The molecule has 3 aromatic carbocycles. The fourth-order valence-electron chi connectivity index (χ4n) is 4.63. The SMILES string of the molecule is CN(Cc1cccc(-c2ccc(N3CCN(C(=O)OCc4ccccc4)CC3)cc2)c1)C(=O)CNC(=O)OC(C)(C)C. The van der Waals surface area contributed by atoms with Crippen molar-refractivity contribution >= 4 is 23.8 Å². The Morgan fingerprint density at radius 3 is 2.17 bits per heavy atom. The van der Waals surface area contributed by atoms with Gasteiger partial charge in [0.1, 0.15) is 18.8 Å². The lowest BCUT2D eigenvalue weighted by molar-refractivity contribution is -0.129. The predicted molar refractivity (Wildman–Crippen MR) is 163 cm³/mol. The zero-order chi connectivity index (χ0) is 30.1. The van der Waals surface area contributed by atoms with Crippen molar-refractivity contribution < 1.29 is 23.9 Å². The maximum Gasteiger partial charge on any atom is 0.410 e. The van der Waals surface area contributed by atoms with Crippen LogP contribution in [0.15, 0.2) is 78.9 Å². The quantitative estimate of drug-likeness (QED) is 0.394. The molecule has 0 unspecified atom stereocenters. The molecule has 0 radical (unpaired) electrons. The highest BCUT2D eigenvalue weighted by atomic mass is 16.6. The first-order valence-electron chi connectivity index (χ1n) is 14.2. The molecule has 9 heteroatoms. The monoisotopic (exact) mass is 572 g/mol. The lowest BCUT2D eigenvalue weighted by Crippen LogP contribution is -2.48. The van der Waals surface area contributed by atoms with Gasteiger partial charge in [0, 0.05) is 45.5 Å². The van der Waals surface area contributed by atoms with Gasteiger partial charge in [-0.05, 0) is 61.2 Å². The Morgan fingerprint density at radius 2 is 1.50 bits per heavy atom. The Hall–Kier alpha value is -4.53. The summed E-state index contributed by atoms with van der Waals surface area (Å²) in [5.41, 5.74) is 4.57. The molecule has 9 nitrogen and oxygen atoms in total. The average molecular weight is 573 g/mol. The summed E-state index contributed by atoms with van der Waals surface area (Å²) in [5, 5.41) is 2.51. The summed E-state index contributed by atoms with van der Waals surface area (Å²) in [4.78, 5) is 42.5. The maximum atomic E-state index is 12.5. The van der Waals surface area contributed by atoms with Crippen LogP contribution < -0.4 is 10.2 Å². The van der Waals surface area contributed by atoms with Gasteiger partial charge in [0.15, 0.2) is 0 Å². The number of amides is 3. The molecule has 1 fully saturated rings. The van der Waals surface area contributed by atoms with Crippen LogP contribution in [0.5, 0.6) is 0 Å². The van der Waals surface area contributed by atoms with Gasteiger partial charge in [-0.3, -0.25) is 4.79 Å². The predicted octanol–water partition coefficient (Wildman–Crippen LogP) is 5.30. The molecular weight excluding hydrogens is 532 g/mol. The normalized spacial score (nSPS) is 13.3. The molecule has 0 saturated carbocycles. The third-order valence-electron chi connectivity index (χ3n) is 6.86. The number of nitrogens with one attached hydrogen (secondary N) is 1. The van der Waals surface area contributed by atoms with Crippen LogP contribution in [0.2, 0.25) is 0 Å². The summed E-state index contributed by atoms with van der Waals surface area (Å²) < 4.78 is 10.7. The molecular formula is C33H40N4O5. The van der Waals surface area contributed by atoms with Gasteiger partial charge in [-0.1, -0.05) is 60.7 Å². The third-order valence-corrected chi connectivity index (χ3v) is 6.86. The number of ether oxygens (including phenoxy) is 2. The number of alkyl carbamates (subject to hydrolysis) is 1. The first-order valence-corrected chi connectivity index (χ1v) is 14.2. The van der Waals surface area contributed by atoms with Gasteiger partial charge in [0.25, 0.3) is 0 Å². The van der Waals surface area contributed by atoms with Gasteiger partial charge in [-0.25, -0.2) is 9.59 Å². The summed E-state index contributed by atoms with van der Waals surface area (Å²) >= 11 is 0. The number of piperazine rings is 1. The molecule has 0 aliphatic carbocycles. The largest absolute Gasteiger partial charge is 0.445 e. The standard InChI is InChI=1S/C33H40N4O5/c1-33(2,3)42-31(39)34-22-30(38)35(4)23-26-11-8-12-28(21-26)27-13-15-29(16-14-27)36-17-19-37(20-18-36)32(40)41-24-25-9-6-5-7-10-25/h5-16,21H,17-20,22-24H2,1-4H3,(H,34,39). The second-order valence-electron chi connectivity index (χ2n) is 11.4. The van der Waals surface area contributed by atoms with Crippen LogP contribution in [0.1, 0.15) is 31.9 Å². The van der Waals surface area contributed by atoms with Crippen LogP contribution in [-0.2, 0) is 27.4 Å². The van der Waals surface area contributed by atoms with Crippen LogP contribution in [0.25, 0.3) is 11.1 Å². The number of hydrogen-bond donors (Lipinski definition) is 1. The molecule has 42 heavy (non-hydrogen) atoms. The van der Waals surface area contributed by atoms with E-state index in [9.17, 15) is 14.4 Å². The van der Waals surface area contributed by atoms with E-state index in [1.165, 1.54) is 0 Å². The Bertz CT molecular complexity index is 1350. The van der Waals surface area contributed by atoms with Gasteiger partial charge >= 0.3 is 12.2 Å². The second kappa shape index (κ2) is 13.9. The van der Waals surface area contributed by atoms with Crippen molar-refractivity contribution in [1.29, 1.82) is 0 Å². The van der Waals surface area contributed by atoms with Gasteiger partial charge in [0.05, 0.1) is 0 Å². The van der Waals surface area contributed by atoms with E-state index in [2.05, 4.69) is 40.5 Å². The molecule has 0 bridgehead atoms. The minimum atomic E-state index is -0.620. The summed E-state index contributed by atoms with van der Waals surface area (Å²) in [6.45, 7) is 8.57. The Balaban J connectivity index is 1.26. The number of nitrogens with zero attached hydrogens (tertiary/aromatic N) is 3. The van der Waals surface area contributed by atoms with E-state index in [-0.39, 0.29) is 25.2 Å². The number of rotatable bonds is 8. The van der Waals surface area contributed by atoms with Crippen LogP contribution in [0.4, 0.5) is 15.3 Å². The zero-order valence-electron chi connectivity index (χ0n) is 24.8. The van der Waals surface area contributed by atoms with Gasteiger partial charge in [-0.2, -0.15) is 0 Å². The molecule has 1 aliphatic heterocycles. The van der Waals surface area contributed by atoms with E-state index < -0.39 is 11.7 Å². The van der Waals surface area contributed by atoms with Crippen molar-refractivity contribution in [3.05, 3.63) is 90.0 Å².